The summed E-state index contributed by atoms with van der Waals surface area (Å²) in [5.74, 6) is 2.73. The predicted octanol–water partition coefficient (Wildman–Crippen LogP) is 3.55. The van der Waals surface area contributed by atoms with Gasteiger partial charge in [-0.1, -0.05) is 30.4 Å². The molecule has 2 nitrogen and oxygen atoms in total. The predicted molar refractivity (Wildman–Crippen MR) is 81.5 cm³/mol. The van der Waals surface area contributed by atoms with Crippen molar-refractivity contribution in [3.63, 3.8) is 0 Å². The Hall–Kier alpha value is -1.22. The zero-order valence-corrected chi connectivity index (χ0v) is 12.2. The zero-order chi connectivity index (χ0) is 13.5. The first-order valence-electron chi connectivity index (χ1n) is 7.51. The summed E-state index contributed by atoms with van der Waals surface area (Å²) in [6.45, 7) is 0. The molecule has 1 saturated carbocycles. The molecule has 1 amide bonds. The summed E-state index contributed by atoms with van der Waals surface area (Å²) in [5.41, 5.74) is 1.30. The molecule has 4 atom stereocenters. The molecule has 1 aromatic carbocycles. The van der Waals surface area contributed by atoms with Gasteiger partial charge in [0.25, 0.3) is 0 Å². The zero-order valence-electron chi connectivity index (χ0n) is 11.4. The second-order valence-electron chi connectivity index (χ2n) is 6.12. The minimum atomic E-state index is 0.211. The van der Waals surface area contributed by atoms with Gasteiger partial charge in [-0.25, -0.2) is 0 Å². The second-order valence-corrected chi connectivity index (χ2v) is 7.26. The molecule has 0 saturated heterocycles. The lowest BCUT2D eigenvalue weighted by molar-refractivity contribution is -0.126. The fourth-order valence-corrected chi connectivity index (χ4v) is 4.98. The number of hydrogen-bond acceptors (Lipinski definition) is 2. The van der Waals surface area contributed by atoms with Crippen LogP contribution in [0.4, 0.5) is 0 Å². The van der Waals surface area contributed by atoms with Crippen LogP contribution in [0.15, 0.2) is 41.3 Å². The monoisotopic (exact) mass is 285 g/mol. The van der Waals surface area contributed by atoms with Crippen LogP contribution >= 0.6 is 11.8 Å². The van der Waals surface area contributed by atoms with E-state index in [9.17, 15) is 4.79 Å². The average molecular weight is 285 g/mol. The van der Waals surface area contributed by atoms with E-state index >= 15 is 0 Å². The third-order valence-corrected chi connectivity index (χ3v) is 6.01. The molecular weight excluding hydrogens is 266 g/mol. The van der Waals surface area contributed by atoms with Gasteiger partial charge in [0.15, 0.2) is 0 Å². The van der Waals surface area contributed by atoms with Crippen molar-refractivity contribution in [2.45, 2.75) is 30.2 Å². The highest BCUT2D eigenvalue weighted by Gasteiger charge is 2.40. The van der Waals surface area contributed by atoms with Crippen LogP contribution in [0.2, 0.25) is 0 Å². The summed E-state index contributed by atoms with van der Waals surface area (Å²) in [6.07, 6.45) is 7.83. The Balaban J connectivity index is 1.50. The Morgan fingerprint density at radius 3 is 2.90 bits per heavy atom. The van der Waals surface area contributed by atoms with E-state index < -0.39 is 0 Å². The molecule has 3 aliphatic rings. The van der Waals surface area contributed by atoms with E-state index in [1.165, 1.54) is 16.9 Å². The van der Waals surface area contributed by atoms with Gasteiger partial charge in [-0.2, -0.15) is 0 Å². The van der Waals surface area contributed by atoms with Crippen molar-refractivity contribution in [1.82, 2.24) is 5.32 Å². The molecule has 0 radical (unpaired) electrons. The number of rotatable bonds is 2. The third-order valence-electron chi connectivity index (χ3n) is 4.89. The summed E-state index contributed by atoms with van der Waals surface area (Å²) in [5, 5.41) is 3.32. The first-order valence-corrected chi connectivity index (χ1v) is 8.50. The second kappa shape index (κ2) is 4.96. The Morgan fingerprint density at radius 1 is 1.20 bits per heavy atom. The maximum atomic E-state index is 12.6. The van der Waals surface area contributed by atoms with E-state index in [2.05, 4.69) is 41.7 Å². The molecular formula is C17H19NOS. The fourth-order valence-electron chi connectivity index (χ4n) is 3.85. The van der Waals surface area contributed by atoms with E-state index in [0.29, 0.717) is 11.8 Å². The molecule has 2 aliphatic carbocycles. The van der Waals surface area contributed by atoms with Crippen molar-refractivity contribution in [3.8, 4) is 0 Å². The molecule has 20 heavy (non-hydrogen) atoms. The summed E-state index contributed by atoms with van der Waals surface area (Å²) >= 11 is 1.90. The van der Waals surface area contributed by atoms with Gasteiger partial charge in [0.2, 0.25) is 5.91 Å². The average Bonchev–Trinajstić information content (AvgIpc) is 3.10. The largest absolute Gasteiger partial charge is 0.349 e. The minimum Gasteiger partial charge on any atom is -0.349 e. The number of amides is 1. The van der Waals surface area contributed by atoms with Crippen LogP contribution in [0, 0.1) is 17.8 Å². The normalized spacial score (nSPS) is 34.0. The van der Waals surface area contributed by atoms with Crippen molar-refractivity contribution in [1.29, 1.82) is 0 Å². The molecule has 1 N–H and O–H groups in total. The molecule has 1 heterocycles. The quantitative estimate of drug-likeness (QED) is 0.842. The Bertz CT molecular complexity index is 568. The van der Waals surface area contributed by atoms with Crippen LogP contribution in [0.1, 0.15) is 30.9 Å². The number of benzene rings is 1. The SMILES string of the molecule is O=C(NC1CCSc2ccccc21)C1CC2C=CC1C2. The highest BCUT2D eigenvalue weighted by atomic mass is 32.2. The molecule has 0 aromatic heterocycles. The van der Waals surface area contributed by atoms with Crippen molar-refractivity contribution in [3.05, 3.63) is 42.0 Å². The van der Waals surface area contributed by atoms with Crippen molar-refractivity contribution >= 4 is 17.7 Å². The third kappa shape index (κ3) is 2.08. The maximum Gasteiger partial charge on any atom is 0.224 e. The lowest BCUT2D eigenvalue weighted by atomic mass is 9.92. The molecule has 1 aromatic rings. The van der Waals surface area contributed by atoms with Crippen molar-refractivity contribution in [2.24, 2.45) is 17.8 Å². The van der Waals surface area contributed by atoms with Crippen LogP contribution in [0.25, 0.3) is 0 Å². The number of hydrogen-bond donors (Lipinski definition) is 1. The van der Waals surface area contributed by atoms with Gasteiger partial charge in [0, 0.05) is 16.6 Å². The van der Waals surface area contributed by atoms with Gasteiger partial charge in [-0.15, -0.1) is 11.8 Å². The van der Waals surface area contributed by atoms with Crippen molar-refractivity contribution < 1.29 is 4.79 Å². The number of carbonyl (C=O) groups excluding carboxylic acids is 1. The molecule has 4 rings (SSSR count). The molecule has 3 heteroatoms. The number of allylic oxidation sites excluding steroid dienone is 2. The standard InChI is InChI=1S/C17H19NOS/c19-17(14-10-11-5-6-12(14)9-11)18-15-7-8-20-16-4-2-1-3-13(15)16/h1-6,11-12,14-15H,7-10H2,(H,18,19). The van der Waals surface area contributed by atoms with Crippen molar-refractivity contribution in [2.75, 3.05) is 5.75 Å². The van der Waals surface area contributed by atoms with Gasteiger partial charge in [0.05, 0.1) is 6.04 Å². The van der Waals surface area contributed by atoms with Gasteiger partial charge in [-0.05, 0) is 42.7 Å². The van der Waals surface area contributed by atoms with Crippen LogP contribution < -0.4 is 5.32 Å². The molecule has 1 fully saturated rings. The maximum absolute atomic E-state index is 12.6. The molecule has 104 valence electrons. The van der Waals surface area contributed by atoms with E-state index in [-0.39, 0.29) is 17.9 Å². The lowest BCUT2D eigenvalue weighted by Crippen LogP contribution is -2.36. The van der Waals surface area contributed by atoms with Gasteiger partial charge in [-0.3, -0.25) is 4.79 Å². The number of nitrogens with one attached hydrogen (secondary N) is 1. The first kappa shape index (κ1) is 12.5. The summed E-state index contributed by atoms with van der Waals surface area (Å²) < 4.78 is 0. The number of thioether (sulfide) groups is 1. The lowest BCUT2D eigenvalue weighted by Gasteiger charge is -2.28. The van der Waals surface area contributed by atoms with Gasteiger partial charge >= 0.3 is 0 Å². The van der Waals surface area contributed by atoms with E-state index in [0.717, 1.165) is 18.6 Å². The molecule has 1 aliphatic heterocycles. The summed E-state index contributed by atoms with van der Waals surface area (Å²) in [7, 11) is 0. The molecule has 4 unspecified atom stereocenters. The summed E-state index contributed by atoms with van der Waals surface area (Å²) in [4.78, 5) is 13.9. The van der Waals surface area contributed by atoms with E-state index in [1.807, 2.05) is 11.8 Å². The van der Waals surface area contributed by atoms with Gasteiger partial charge in [0.1, 0.15) is 0 Å². The Kier molecular flexibility index (Phi) is 3.10. The Morgan fingerprint density at radius 2 is 2.10 bits per heavy atom. The van der Waals surface area contributed by atoms with Gasteiger partial charge < -0.3 is 5.32 Å². The van der Waals surface area contributed by atoms with Crippen LogP contribution in [-0.2, 0) is 4.79 Å². The fraction of sp³-hybridized carbons (Fsp3) is 0.471. The minimum absolute atomic E-state index is 0.211. The molecule has 2 bridgehead atoms. The van der Waals surface area contributed by atoms with Crippen LogP contribution in [0.5, 0.6) is 0 Å². The number of carbonyl (C=O) groups is 1. The molecule has 0 spiro atoms. The van der Waals surface area contributed by atoms with E-state index in [4.69, 9.17) is 0 Å². The Labute approximate surface area is 124 Å². The topological polar surface area (TPSA) is 29.1 Å². The smallest absolute Gasteiger partial charge is 0.224 e. The summed E-state index contributed by atoms with van der Waals surface area (Å²) in [6, 6.07) is 8.69. The number of fused-ring (bicyclic) bond motifs is 3. The van der Waals surface area contributed by atoms with E-state index in [1.54, 1.807) is 0 Å². The van der Waals surface area contributed by atoms with Crippen LogP contribution in [-0.4, -0.2) is 11.7 Å². The highest BCUT2D eigenvalue weighted by Crippen LogP contribution is 2.44. The highest BCUT2D eigenvalue weighted by molar-refractivity contribution is 7.99. The van der Waals surface area contributed by atoms with Crippen LogP contribution in [0.3, 0.4) is 0 Å². The first-order chi connectivity index (χ1) is 9.81.